The molecule has 29 heavy (non-hydrogen) atoms. The van der Waals surface area contributed by atoms with Crippen LogP contribution in [-0.4, -0.2) is 6.04 Å². The van der Waals surface area contributed by atoms with Crippen molar-refractivity contribution < 1.29 is 4.84 Å². The van der Waals surface area contributed by atoms with Gasteiger partial charge in [-0.25, -0.2) is 0 Å². The smallest absolute Gasteiger partial charge is 0.147 e. The number of fused-ring (bicyclic) bond motifs is 1. The van der Waals surface area contributed by atoms with Crippen molar-refractivity contribution in [1.29, 1.82) is 10.5 Å². The monoisotopic (exact) mass is 449 g/mol. The summed E-state index contributed by atoms with van der Waals surface area (Å²) in [5, 5.41) is 22.0. The summed E-state index contributed by atoms with van der Waals surface area (Å²) in [5.41, 5.74) is 1.17. The van der Waals surface area contributed by atoms with Crippen molar-refractivity contribution in [2.75, 3.05) is 5.06 Å². The minimum Gasteiger partial charge on any atom is -0.265 e. The van der Waals surface area contributed by atoms with E-state index in [1.807, 2.05) is 35.4 Å². The van der Waals surface area contributed by atoms with Crippen molar-refractivity contribution in [1.82, 2.24) is 0 Å². The molecule has 0 N–H and O–H groups in total. The van der Waals surface area contributed by atoms with Crippen LogP contribution < -0.4 is 5.06 Å². The van der Waals surface area contributed by atoms with Gasteiger partial charge in [0.2, 0.25) is 0 Å². The van der Waals surface area contributed by atoms with E-state index < -0.39 is 5.41 Å². The molecule has 1 saturated carbocycles. The van der Waals surface area contributed by atoms with Crippen LogP contribution in [0.15, 0.2) is 59.1 Å². The Balaban J connectivity index is 1.75. The first-order chi connectivity index (χ1) is 14.1. The molecule has 2 aromatic carbocycles. The first-order valence-corrected chi connectivity index (χ1v) is 11.0. The molecule has 1 aliphatic carbocycles. The molecule has 0 radical (unpaired) electrons. The molecule has 5 heteroatoms. The highest BCUT2D eigenvalue weighted by Crippen LogP contribution is 2.55. The SMILES string of the molecule is CCC[C@@H]1C[C@@H]2[C@H](CC1(C#N)C#N)[C@@H](c1ccccc1)ON2c1ccc(Br)cc1. The number of halogens is 1. The van der Waals surface area contributed by atoms with Gasteiger partial charge in [0.25, 0.3) is 0 Å². The summed E-state index contributed by atoms with van der Waals surface area (Å²) in [4.78, 5) is 6.53. The molecule has 0 unspecified atom stereocenters. The summed E-state index contributed by atoms with van der Waals surface area (Å²) >= 11 is 3.50. The lowest BCUT2D eigenvalue weighted by Crippen LogP contribution is -2.45. The highest BCUT2D eigenvalue weighted by atomic mass is 79.9. The van der Waals surface area contributed by atoms with Crippen LogP contribution in [0.4, 0.5) is 5.69 Å². The fraction of sp³-hybridized carbons (Fsp3) is 0.417. The topological polar surface area (TPSA) is 60.1 Å². The molecular formula is C24H24BrN3O. The summed E-state index contributed by atoms with van der Waals surface area (Å²) in [7, 11) is 0. The van der Waals surface area contributed by atoms with Gasteiger partial charge in [0.1, 0.15) is 11.5 Å². The highest BCUT2D eigenvalue weighted by Gasteiger charge is 2.56. The third kappa shape index (κ3) is 3.54. The van der Waals surface area contributed by atoms with E-state index in [-0.39, 0.29) is 24.0 Å². The van der Waals surface area contributed by atoms with E-state index in [0.717, 1.165) is 35.0 Å². The molecule has 0 bridgehead atoms. The standard InChI is InChI=1S/C24H24BrN3O/c1-2-6-18-13-22-21(14-24(18,15-26)16-27)23(17-7-4-3-5-8-17)29-28(22)20-11-9-19(25)10-12-20/h3-5,7-12,18,21-23H,2,6,13-14H2,1H3/t18-,21+,22-,23-/m1/s1. The maximum absolute atomic E-state index is 10.00. The van der Waals surface area contributed by atoms with Crippen LogP contribution in [0, 0.1) is 39.9 Å². The second-order valence-electron chi connectivity index (χ2n) is 8.09. The first kappa shape index (κ1) is 20.0. The Morgan fingerprint density at radius 3 is 2.41 bits per heavy atom. The third-order valence-electron chi connectivity index (χ3n) is 6.44. The molecule has 2 aromatic rings. The van der Waals surface area contributed by atoms with Crippen LogP contribution in [0.25, 0.3) is 0 Å². The number of hydrogen-bond donors (Lipinski definition) is 0. The lowest BCUT2D eigenvalue weighted by molar-refractivity contribution is 0.0615. The molecule has 0 spiro atoms. The number of nitrogens with zero attached hydrogens (tertiary/aromatic N) is 3. The van der Waals surface area contributed by atoms with Crippen LogP contribution in [-0.2, 0) is 4.84 Å². The number of rotatable bonds is 4. The first-order valence-electron chi connectivity index (χ1n) is 10.2. The lowest BCUT2D eigenvalue weighted by atomic mass is 9.60. The quantitative estimate of drug-likeness (QED) is 0.559. The second kappa shape index (κ2) is 8.19. The van der Waals surface area contributed by atoms with Crippen LogP contribution in [0.2, 0.25) is 0 Å². The minimum absolute atomic E-state index is 0.0554. The molecule has 4 nitrogen and oxygen atoms in total. The number of benzene rings is 2. The lowest BCUT2D eigenvalue weighted by Gasteiger charge is -2.42. The van der Waals surface area contributed by atoms with Crippen LogP contribution >= 0.6 is 15.9 Å². The molecule has 0 amide bonds. The van der Waals surface area contributed by atoms with Crippen LogP contribution in [0.3, 0.4) is 0 Å². The fourth-order valence-electron chi connectivity index (χ4n) is 5.00. The van der Waals surface area contributed by atoms with E-state index in [1.165, 1.54) is 0 Å². The van der Waals surface area contributed by atoms with Crippen LogP contribution in [0.1, 0.15) is 44.3 Å². The van der Waals surface area contributed by atoms with E-state index in [9.17, 15) is 10.5 Å². The molecule has 1 saturated heterocycles. The van der Waals surface area contributed by atoms with Crippen molar-refractivity contribution in [2.45, 2.75) is 44.8 Å². The predicted octanol–water partition coefficient (Wildman–Crippen LogP) is 6.17. The molecule has 148 valence electrons. The van der Waals surface area contributed by atoms with Crippen molar-refractivity contribution >= 4 is 21.6 Å². The van der Waals surface area contributed by atoms with Crippen molar-refractivity contribution in [2.24, 2.45) is 17.3 Å². The summed E-state index contributed by atoms with van der Waals surface area (Å²) in [6.45, 7) is 2.12. The molecule has 1 heterocycles. The summed E-state index contributed by atoms with van der Waals surface area (Å²) < 4.78 is 1.03. The van der Waals surface area contributed by atoms with E-state index in [1.54, 1.807) is 0 Å². The second-order valence-corrected chi connectivity index (χ2v) is 9.01. The Labute approximate surface area is 180 Å². The average Bonchev–Trinajstić information content (AvgIpc) is 3.12. The number of nitriles is 2. The van der Waals surface area contributed by atoms with Gasteiger partial charge in [0.15, 0.2) is 0 Å². The van der Waals surface area contributed by atoms with E-state index in [0.29, 0.717) is 6.42 Å². The summed E-state index contributed by atoms with van der Waals surface area (Å²) in [5.74, 6) is 0.147. The van der Waals surface area contributed by atoms with E-state index in [2.05, 4.69) is 59.3 Å². The Bertz CT molecular complexity index is 917. The van der Waals surface area contributed by atoms with Gasteiger partial charge in [-0.2, -0.15) is 10.5 Å². The van der Waals surface area contributed by atoms with Crippen molar-refractivity contribution in [3.63, 3.8) is 0 Å². The fourth-order valence-corrected chi connectivity index (χ4v) is 5.27. The zero-order valence-corrected chi connectivity index (χ0v) is 18.0. The van der Waals surface area contributed by atoms with Gasteiger partial charge in [-0.1, -0.05) is 59.6 Å². The number of hydroxylamine groups is 1. The highest BCUT2D eigenvalue weighted by molar-refractivity contribution is 9.10. The minimum atomic E-state index is -0.941. The van der Waals surface area contributed by atoms with Gasteiger partial charge in [0.05, 0.1) is 23.9 Å². The largest absolute Gasteiger partial charge is 0.265 e. The Morgan fingerprint density at radius 1 is 1.10 bits per heavy atom. The van der Waals surface area contributed by atoms with Gasteiger partial charge < -0.3 is 0 Å². The van der Waals surface area contributed by atoms with Crippen molar-refractivity contribution in [3.8, 4) is 12.1 Å². The average molecular weight is 450 g/mol. The van der Waals surface area contributed by atoms with E-state index in [4.69, 9.17) is 4.84 Å². The predicted molar refractivity (Wildman–Crippen MR) is 115 cm³/mol. The molecule has 4 atom stereocenters. The molecular weight excluding hydrogens is 426 g/mol. The summed E-state index contributed by atoms with van der Waals surface area (Å²) in [6.07, 6.45) is 3.03. The maximum Gasteiger partial charge on any atom is 0.147 e. The molecule has 0 aromatic heterocycles. The van der Waals surface area contributed by atoms with Gasteiger partial charge in [-0.3, -0.25) is 9.90 Å². The van der Waals surface area contributed by atoms with Gasteiger partial charge >= 0.3 is 0 Å². The zero-order chi connectivity index (χ0) is 20.4. The van der Waals surface area contributed by atoms with Gasteiger partial charge in [0, 0.05) is 10.4 Å². The Morgan fingerprint density at radius 2 is 1.79 bits per heavy atom. The van der Waals surface area contributed by atoms with E-state index >= 15 is 0 Å². The zero-order valence-electron chi connectivity index (χ0n) is 16.5. The third-order valence-corrected chi connectivity index (χ3v) is 6.97. The Hall–Kier alpha value is -2.34. The van der Waals surface area contributed by atoms with Crippen molar-refractivity contribution in [3.05, 3.63) is 64.6 Å². The number of hydrogen-bond acceptors (Lipinski definition) is 4. The number of anilines is 1. The maximum atomic E-state index is 10.00. The van der Waals surface area contributed by atoms with Crippen LogP contribution in [0.5, 0.6) is 0 Å². The van der Waals surface area contributed by atoms with Gasteiger partial charge in [-0.05, 0) is 55.0 Å². The molecule has 4 rings (SSSR count). The molecule has 1 aliphatic heterocycles. The molecule has 2 aliphatic rings. The normalized spacial score (nSPS) is 27.7. The molecule has 2 fully saturated rings. The summed E-state index contributed by atoms with van der Waals surface area (Å²) in [6, 6.07) is 23.3. The Kier molecular flexibility index (Phi) is 5.63. The van der Waals surface area contributed by atoms with Gasteiger partial charge in [-0.15, -0.1) is 0 Å².